The third-order valence-electron chi connectivity index (χ3n) is 8.14. The van der Waals surface area contributed by atoms with Gasteiger partial charge < -0.3 is 9.64 Å². The molecule has 0 atom stereocenters. The molecule has 0 aromatic heterocycles. The van der Waals surface area contributed by atoms with Crippen molar-refractivity contribution in [1.82, 2.24) is 9.21 Å². The molecule has 0 saturated carbocycles. The van der Waals surface area contributed by atoms with Crippen molar-refractivity contribution in [2.75, 3.05) is 39.4 Å². The Morgan fingerprint density at radius 2 is 1.29 bits per heavy atom. The van der Waals surface area contributed by atoms with Gasteiger partial charge in [0.15, 0.2) is 0 Å². The molecule has 6 nitrogen and oxygen atoms in total. The Balaban J connectivity index is 1.57. The van der Waals surface area contributed by atoms with Gasteiger partial charge in [0.1, 0.15) is 0 Å². The molecule has 0 radical (unpaired) electrons. The Bertz CT molecular complexity index is 1150. The molecule has 2 saturated heterocycles. The number of hydrogen-bond donors (Lipinski definition) is 0. The summed E-state index contributed by atoms with van der Waals surface area (Å²) in [5.74, 6) is 0.0911. The maximum Gasteiger partial charge on any atom is 0.243 e. The van der Waals surface area contributed by atoms with Crippen LogP contribution in [0.2, 0.25) is 0 Å². The van der Waals surface area contributed by atoms with Gasteiger partial charge in [-0.25, -0.2) is 8.42 Å². The summed E-state index contributed by atoms with van der Waals surface area (Å²) in [6.45, 7) is 12.3. The molecule has 2 aliphatic rings. The second-order valence-corrected chi connectivity index (χ2v) is 11.6. The zero-order valence-electron chi connectivity index (χ0n) is 21.0. The summed E-state index contributed by atoms with van der Waals surface area (Å²) in [7, 11) is -3.65. The number of sulfonamides is 1. The topological polar surface area (TPSA) is 66.9 Å². The van der Waals surface area contributed by atoms with Crippen molar-refractivity contribution in [3.63, 3.8) is 0 Å². The Hall–Kier alpha value is -2.22. The van der Waals surface area contributed by atoms with Crippen LogP contribution in [0.1, 0.15) is 46.2 Å². The van der Waals surface area contributed by atoms with Gasteiger partial charge in [-0.05, 0) is 80.8 Å². The van der Waals surface area contributed by atoms with E-state index < -0.39 is 15.4 Å². The summed E-state index contributed by atoms with van der Waals surface area (Å²) in [6, 6.07) is 9.96. The predicted molar refractivity (Wildman–Crippen MR) is 134 cm³/mol. The van der Waals surface area contributed by atoms with Crippen LogP contribution in [0.15, 0.2) is 35.2 Å². The van der Waals surface area contributed by atoms with Crippen LogP contribution in [0.5, 0.6) is 0 Å². The molecule has 184 valence electrons. The van der Waals surface area contributed by atoms with Gasteiger partial charge in [-0.15, -0.1) is 0 Å². The third-order valence-corrected chi connectivity index (χ3v) is 10.3. The van der Waals surface area contributed by atoms with E-state index in [9.17, 15) is 13.2 Å². The Morgan fingerprint density at radius 3 is 1.82 bits per heavy atom. The van der Waals surface area contributed by atoms with Crippen LogP contribution in [-0.2, 0) is 25.0 Å². The smallest absolute Gasteiger partial charge is 0.243 e. The Morgan fingerprint density at radius 1 is 0.794 bits per heavy atom. The number of hydrogen-bond acceptors (Lipinski definition) is 4. The van der Waals surface area contributed by atoms with Crippen molar-refractivity contribution in [3.05, 3.63) is 63.7 Å². The molecule has 2 heterocycles. The fourth-order valence-electron chi connectivity index (χ4n) is 5.52. The minimum absolute atomic E-state index is 0.0911. The molecule has 0 aliphatic carbocycles. The molecule has 2 aromatic carbocycles. The van der Waals surface area contributed by atoms with Crippen molar-refractivity contribution >= 4 is 15.9 Å². The average Bonchev–Trinajstić information content (AvgIpc) is 2.87. The van der Waals surface area contributed by atoms with E-state index in [2.05, 4.69) is 0 Å². The minimum atomic E-state index is -3.65. The van der Waals surface area contributed by atoms with Crippen molar-refractivity contribution in [2.45, 2.75) is 57.8 Å². The lowest BCUT2D eigenvalue weighted by molar-refractivity contribution is -0.142. The lowest BCUT2D eigenvalue weighted by Gasteiger charge is -2.43. The van der Waals surface area contributed by atoms with Crippen LogP contribution >= 0.6 is 0 Å². The van der Waals surface area contributed by atoms with Crippen LogP contribution in [-0.4, -0.2) is 62.9 Å². The number of benzene rings is 2. The summed E-state index contributed by atoms with van der Waals surface area (Å²) in [5, 5.41) is 0. The Kier molecular flexibility index (Phi) is 6.91. The van der Waals surface area contributed by atoms with Crippen LogP contribution in [0, 0.1) is 34.6 Å². The van der Waals surface area contributed by atoms with Crippen LogP contribution in [0.25, 0.3) is 0 Å². The normalized spacial score (nSPS) is 19.3. The zero-order chi connectivity index (χ0) is 24.7. The zero-order valence-corrected chi connectivity index (χ0v) is 21.8. The van der Waals surface area contributed by atoms with Crippen LogP contribution in [0.4, 0.5) is 0 Å². The van der Waals surface area contributed by atoms with Crippen molar-refractivity contribution in [3.8, 4) is 0 Å². The van der Waals surface area contributed by atoms with Gasteiger partial charge in [-0.2, -0.15) is 4.31 Å². The lowest BCUT2D eigenvalue weighted by atomic mass is 9.73. The van der Waals surface area contributed by atoms with Gasteiger partial charge in [0, 0.05) is 39.4 Å². The third kappa shape index (κ3) is 4.08. The molecular formula is C27H36N2O4S. The van der Waals surface area contributed by atoms with Gasteiger partial charge in [-0.1, -0.05) is 30.3 Å². The fraction of sp³-hybridized carbons (Fsp3) is 0.519. The van der Waals surface area contributed by atoms with E-state index in [1.165, 1.54) is 0 Å². The highest BCUT2D eigenvalue weighted by atomic mass is 32.2. The minimum Gasteiger partial charge on any atom is -0.381 e. The summed E-state index contributed by atoms with van der Waals surface area (Å²) >= 11 is 0. The first-order valence-corrected chi connectivity index (χ1v) is 13.5. The molecule has 4 rings (SSSR count). The molecule has 0 spiro atoms. The Labute approximate surface area is 204 Å². The number of amides is 1. The van der Waals surface area contributed by atoms with E-state index in [1.54, 1.807) is 4.31 Å². The molecule has 2 fully saturated rings. The van der Waals surface area contributed by atoms with Crippen LogP contribution < -0.4 is 0 Å². The largest absolute Gasteiger partial charge is 0.381 e. The highest BCUT2D eigenvalue weighted by molar-refractivity contribution is 7.89. The molecule has 2 aromatic rings. The van der Waals surface area contributed by atoms with Crippen LogP contribution in [0.3, 0.4) is 0 Å². The quantitative estimate of drug-likeness (QED) is 0.662. The molecule has 2 aliphatic heterocycles. The van der Waals surface area contributed by atoms with E-state index in [4.69, 9.17) is 4.74 Å². The summed E-state index contributed by atoms with van der Waals surface area (Å²) in [5.41, 5.74) is 5.27. The average molecular weight is 485 g/mol. The maximum absolute atomic E-state index is 13.8. The predicted octanol–water partition coefficient (Wildman–Crippen LogP) is 3.81. The summed E-state index contributed by atoms with van der Waals surface area (Å²) in [4.78, 5) is 16.1. The first-order valence-electron chi connectivity index (χ1n) is 12.1. The summed E-state index contributed by atoms with van der Waals surface area (Å²) in [6.07, 6.45) is 1.29. The van der Waals surface area contributed by atoms with E-state index in [0.717, 1.165) is 33.4 Å². The molecule has 1 amide bonds. The molecule has 34 heavy (non-hydrogen) atoms. The highest BCUT2D eigenvalue weighted by Crippen LogP contribution is 2.37. The standard InChI is InChI=1S/C27H36N2O4S/c1-19-20(2)22(4)25(23(5)21(19)3)34(31,32)29-15-13-28(14-16-29)26(30)27(11-17-33-18-12-27)24-9-7-6-8-10-24/h6-10H,11-18H2,1-5H3. The van der Waals surface area contributed by atoms with Gasteiger partial charge >= 0.3 is 0 Å². The molecule has 0 N–H and O–H groups in total. The van der Waals surface area contributed by atoms with Crippen molar-refractivity contribution in [2.24, 2.45) is 0 Å². The number of carbonyl (C=O) groups is 1. The monoisotopic (exact) mass is 484 g/mol. The van der Waals surface area contributed by atoms with E-state index in [1.807, 2.05) is 69.9 Å². The van der Waals surface area contributed by atoms with Gasteiger partial charge in [-0.3, -0.25) is 4.79 Å². The number of rotatable bonds is 4. The molecule has 7 heteroatoms. The van der Waals surface area contributed by atoms with Gasteiger partial charge in [0.05, 0.1) is 10.3 Å². The first-order chi connectivity index (χ1) is 16.1. The van der Waals surface area contributed by atoms with Crippen molar-refractivity contribution < 1.29 is 17.9 Å². The van der Waals surface area contributed by atoms with E-state index in [0.29, 0.717) is 57.1 Å². The second-order valence-electron chi connectivity index (χ2n) is 9.71. The SMILES string of the molecule is Cc1c(C)c(C)c(S(=O)(=O)N2CCN(C(=O)C3(c4ccccc4)CCOCC3)CC2)c(C)c1C. The van der Waals surface area contributed by atoms with E-state index in [-0.39, 0.29) is 5.91 Å². The van der Waals surface area contributed by atoms with E-state index >= 15 is 0 Å². The second kappa shape index (κ2) is 9.44. The van der Waals surface area contributed by atoms with Gasteiger partial charge in [0.25, 0.3) is 0 Å². The molecule has 0 unspecified atom stereocenters. The number of carbonyl (C=O) groups excluding carboxylic acids is 1. The van der Waals surface area contributed by atoms with Crippen molar-refractivity contribution in [1.29, 1.82) is 0 Å². The summed E-state index contributed by atoms with van der Waals surface area (Å²) < 4.78 is 34.6. The number of piperazine rings is 1. The highest BCUT2D eigenvalue weighted by Gasteiger charge is 2.45. The molecular weight excluding hydrogens is 448 g/mol. The first kappa shape index (κ1) is 24.9. The number of nitrogens with zero attached hydrogens (tertiary/aromatic N) is 2. The van der Waals surface area contributed by atoms with Gasteiger partial charge in [0.2, 0.25) is 15.9 Å². The maximum atomic E-state index is 13.8. The fourth-order valence-corrected chi connectivity index (χ4v) is 7.50. The lowest BCUT2D eigenvalue weighted by Crippen LogP contribution is -2.56. The molecule has 0 bridgehead atoms. The number of ether oxygens (including phenoxy) is 1.